The Morgan fingerprint density at radius 1 is 1.77 bits per heavy atom. The molecule has 2 rings (SSSR count). The first-order chi connectivity index (χ1) is 6.38. The number of rotatable bonds is 3. The van der Waals surface area contributed by atoms with E-state index < -0.39 is 0 Å². The Bertz CT molecular complexity index is 266. The van der Waals surface area contributed by atoms with Gasteiger partial charge < -0.3 is 10.1 Å². The number of aromatic nitrogens is 2. The van der Waals surface area contributed by atoms with Crippen LogP contribution in [0.4, 0.5) is 0 Å². The quantitative estimate of drug-likeness (QED) is 0.744. The first-order valence-electron chi connectivity index (χ1n) is 4.78. The van der Waals surface area contributed by atoms with Gasteiger partial charge in [0, 0.05) is 13.1 Å². The summed E-state index contributed by atoms with van der Waals surface area (Å²) in [4.78, 5) is 0. The molecule has 0 aliphatic carbocycles. The van der Waals surface area contributed by atoms with Crippen molar-refractivity contribution in [3.05, 3.63) is 12.4 Å². The van der Waals surface area contributed by atoms with Gasteiger partial charge in [0.05, 0.1) is 12.4 Å². The Morgan fingerprint density at radius 2 is 2.69 bits per heavy atom. The van der Waals surface area contributed by atoms with Crippen LogP contribution >= 0.6 is 0 Å². The highest BCUT2D eigenvalue weighted by atomic mass is 16.5. The lowest BCUT2D eigenvalue weighted by molar-refractivity contribution is 0.223. The van der Waals surface area contributed by atoms with Gasteiger partial charge in [-0.2, -0.15) is 5.10 Å². The number of hydrogen-bond donors (Lipinski definition) is 1. The minimum Gasteiger partial charge on any atom is -0.486 e. The van der Waals surface area contributed by atoms with E-state index >= 15 is 0 Å². The lowest BCUT2D eigenvalue weighted by atomic mass is 10.3. The van der Waals surface area contributed by atoms with E-state index in [2.05, 4.69) is 17.3 Å². The molecule has 72 valence electrons. The Kier molecular flexibility index (Phi) is 2.49. The van der Waals surface area contributed by atoms with Gasteiger partial charge in [0.2, 0.25) is 0 Å². The summed E-state index contributed by atoms with van der Waals surface area (Å²) in [5.74, 6) is 0.885. The van der Waals surface area contributed by atoms with Crippen LogP contribution in [0.25, 0.3) is 0 Å². The van der Waals surface area contributed by atoms with E-state index in [0.29, 0.717) is 6.10 Å². The summed E-state index contributed by atoms with van der Waals surface area (Å²) in [7, 11) is 0. The first-order valence-corrected chi connectivity index (χ1v) is 4.78. The maximum atomic E-state index is 5.71. The second-order valence-corrected chi connectivity index (χ2v) is 3.26. The van der Waals surface area contributed by atoms with Crippen molar-refractivity contribution in [2.45, 2.75) is 26.0 Å². The Hall–Kier alpha value is -1.03. The van der Waals surface area contributed by atoms with Crippen molar-refractivity contribution in [2.75, 3.05) is 13.1 Å². The Labute approximate surface area is 77.9 Å². The third kappa shape index (κ3) is 2.01. The molecule has 4 heteroatoms. The minimum absolute atomic E-state index is 0.328. The van der Waals surface area contributed by atoms with Gasteiger partial charge >= 0.3 is 0 Å². The zero-order chi connectivity index (χ0) is 9.10. The van der Waals surface area contributed by atoms with Crippen LogP contribution in [-0.2, 0) is 6.54 Å². The van der Waals surface area contributed by atoms with Crippen LogP contribution in [0.3, 0.4) is 0 Å². The normalized spacial score (nSPS) is 22.1. The van der Waals surface area contributed by atoms with Crippen molar-refractivity contribution in [2.24, 2.45) is 0 Å². The summed E-state index contributed by atoms with van der Waals surface area (Å²) in [5, 5.41) is 7.41. The number of hydrogen-bond acceptors (Lipinski definition) is 3. The van der Waals surface area contributed by atoms with Crippen molar-refractivity contribution in [3.8, 4) is 5.75 Å². The molecule has 0 saturated carbocycles. The van der Waals surface area contributed by atoms with Crippen LogP contribution in [0.1, 0.15) is 13.3 Å². The molecule has 1 aromatic heterocycles. The molecule has 1 aliphatic heterocycles. The van der Waals surface area contributed by atoms with Gasteiger partial charge in [-0.25, -0.2) is 0 Å². The standard InChI is InChI=1S/C9H15N3O/c1-2-12-7-9(6-11-12)13-8-3-4-10-5-8/h6-8,10H,2-5H2,1H3/t8-/m0/s1. The number of nitrogens with one attached hydrogen (secondary N) is 1. The van der Waals surface area contributed by atoms with Gasteiger partial charge in [0.25, 0.3) is 0 Å². The lowest BCUT2D eigenvalue weighted by Gasteiger charge is -2.09. The molecule has 1 aliphatic rings. The molecular formula is C9H15N3O. The van der Waals surface area contributed by atoms with Crippen LogP contribution in [0, 0.1) is 0 Å². The highest BCUT2D eigenvalue weighted by molar-refractivity contribution is 5.12. The zero-order valence-corrected chi connectivity index (χ0v) is 7.86. The zero-order valence-electron chi connectivity index (χ0n) is 7.86. The van der Waals surface area contributed by atoms with Crippen molar-refractivity contribution < 1.29 is 4.74 Å². The van der Waals surface area contributed by atoms with Crippen LogP contribution in [0.15, 0.2) is 12.4 Å². The molecule has 0 spiro atoms. The van der Waals surface area contributed by atoms with Crippen LogP contribution < -0.4 is 10.1 Å². The average molecular weight is 181 g/mol. The molecule has 1 N–H and O–H groups in total. The molecule has 0 radical (unpaired) electrons. The van der Waals surface area contributed by atoms with Crippen molar-refractivity contribution in [3.63, 3.8) is 0 Å². The number of nitrogens with zero attached hydrogens (tertiary/aromatic N) is 2. The molecule has 0 bridgehead atoms. The SMILES string of the molecule is CCn1cc(O[C@H]2CCNC2)cn1. The molecule has 1 saturated heterocycles. The topological polar surface area (TPSA) is 39.1 Å². The fourth-order valence-corrected chi connectivity index (χ4v) is 1.50. The van der Waals surface area contributed by atoms with Gasteiger partial charge in [-0.05, 0) is 19.9 Å². The van der Waals surface area contributed by atoms with Crippen molar-refractivity contribution in [1.29, 1.82) is 0 Å². The van der Waals surface area contributed by atoms with Gasteiger partial charge in [-0.1, -0.05) is 0 Å². The van der Waals surface area contributed by atoms with Crippen molar-refractivity contribution in [1.82, 2.24) is 15.1 Å². The van der Waals surface area contributed by atoms with Crippen molar-refractivity contribution >= 4 is 0 Å². The molecule has 0 unspecified atom stereocenters. The molecule has 1 fully saturated rings. The molecule has 0 amide bonds. The maximum absolute atomic E-state index is 5.71. The molecular weight excluding hydrogens is 166 g/mol. The summed E-state index contributed by atoms with van der Waals surface area (Å²) in [6.45, 7) is 4.98. The Morgan fingerprint density at radius 3 is 3.31 bits per heavy atom. The number of aryl methyl sites for hydroxylation is 1. The molecule has 2 heterocycles. The van der Waals surface area contributed by atoms with Crippen LogP contribution in [0.2, 0.25) is 0 Å². The van der Waals surface area contributed by atoms with E-state index in [1.54, 1.807) is 6.20 Å². The van der Waals surface area contributed by atoms with E-state index in [4.69, 9.17) is 4.74 Å². The third-order valence-electron chi connectivity index (χ3n) is 2.25. The molecule has 1 aromatic rings. The molecule has 1 atom stereocenters. The van der Waals surface area contributed by atoms with Crippen LogP contribution in [0.5, 0.6) is 5.75 Å². The smallest absolute Gasteiger partial charge is 0.157 e. The van der Waals surface area contributed by atoms with E-state index in [9.17, 15) is 0 Å². The second-order valence-electron chi connectivity index (χ2n) is 3.26. The summed E-state index contributed by atoms with van der Waals surface area (Å²) >= 11 is 0. The van der Waals surface area contributed by atoms with Gasteiger partial charge in [-0.3, -0.25) is 4.68 Å². The lowest BCUT2D eigenvalue weighted by Crippen LogP contribution is -2.19. The van der Waals surface area contributed by atoms with Gasteiger partial charge in [0.1, 0.15) is 6.10 Å². The van der Waals surface area contributed by atoms with Crippen LogP contribution in [-0.4, -0.2) is 29.0 Å². The van der Waals surface area contributed by atoms with E-state index in [1.165, 1.54) is 0 Å². The maximum Gasteiger partial charge on any atom is 0.157 e. The summed E-state index contributed by atoms with van der Waals surface area (Å²) < 4.78 is 7.58. The van der Waals surface area contributed by atoms with E-state index in [-0.39, 0.29) is 0 Å². The highest BCUT2D eigenvalue weighted by Crippen LogP contribution is 2.13. The first kappa shape index (κ1) is 8.56. The fourth-order valence-electron chi connectivity index (χ4n) is 1.50. The fraction of sp³-hybridized carbons (Fsp3) is 0.667. The predicted octanol–water partition coefficient (Wildman–Crippen LogP) is 0.644. The van der Waals surface area contributed by atoms with E-state index in [0.717, 1.165) is 31.8 Å². The van der Waals surface area contributed by atoms with Gasteiger partial charge in [-0.15, -0.1) is 0 Å². The predicted molar refractivity (Wildman–Crippen MR) is 49.8 cm³/mol. The largest absolute Gasteiger partial charge is 0.486 e. The van der Waals surface area contributed by atoms with E-state index in [1.807, 2.05) is 10.9 Å². The highest BCUT2D eigenvalue weighted by Gasteiger charge is 2.16. The molecule has 0 aromatic carbocycles. The summed E-state index contributed by atoms with van der Waals surface area (Å²) in [6.07, 6.45) is 5.15. The monoisotopic (exact) mass is 181 g/mol. The van der Waals surface area contributed by atoms with Gasteiger partial charge in [0.15, 0.2) is 5.75 Å². The summed E-state index contributed by atoms with van der Waals surface area (Å²) in [5.41, 5.74) is 0. The third-order valence-corrected chi connectivity index (χ3v) is 2.25. The average Bonchev–Trinajstić information content (AvgIpc) is 2.76. The number of ether oxygens (including phenoxy) is 1. The Balaban J connectivity index is 1.92. The molecule has 13 heavy (non-hydrogen) atoms. The molecule has 4 nitrogen and oxygen atoms in total. The minimum atomic E-state index is 0.328. The second kappa shape index (κ2) is 3.79. The summed E-state index contributed by atoms with van der Waals surface area (Å²) in [6, 6.07) is 0.